The highest BCUT2D eigenvalue weighted by Gasteiger charge is 2.19. The first-order chi connectivity index (χ1) is 16.7. The number of nitrogens with zero attached hydrogens (tertiary/aromatic N) is 5. The van der Waals surface area contributed by atoms with E-state index in [2.05, 4.69) is 25.5 Å². The number of amides is 1. The number of nitrogens with one attached hydrogen (secondary N) is 1. The molecule has 8 nitrogen and oxygen atoms in total. The summed E-state index contributed by atoms with van der Waals surface area (Å²) < 4.78 is 20.8. The summed E-state index contributed by atoms with van der Waals surface area (Å²) in [6, 6.07) is 13.3. The zero-order chi connectivity index (χ0) is 23.3. The highest BCUT2D eigenvalue weighted by atomic mass is 32.2. The smallest absolute Gasteiger partial charge is 0.271 e. The predicted octanol–water partition coefficient (Wildman–Crippen LogP) is 4.74. The van der Waals surface area contributed by atoms with Crippen LogP contribution in [0.4, 0.5) is 4.39 Å². The summed E-state index contributed by atoms with van der Waals surface area (Å²) in [7, 11) is 0. The summed E-state index contributed by atoms with van der Waals surface area (Å²) in [5.74, 6) is 0.964. The molecule has 0 aliphatic carbocycles. The first kappa shape index (κ1) is 22.0. The van der Waals surface area contributed by atoms with Crippen molar-refractivity contribution in [2.75, 3.05) is 0 Å². The van der Waals surface area contributed by atoms with Crippen LogP contribution >= 0.6 is 23.1 Å². The molecule has 4 aromatic heterocycles. The Labute approximate surface area is 201 Å². The number of carbonyl (C=O) groups excluding carboxylic acids is 1. The van der Waals surface area contributed by atoms with Crippen molar-refractivity contribution in [3.8, 4) is 17.3 Å². The van der Waals surface area contributed by atoms with E-state index in [1.165, 1.54) is 35.2 Å². The zero-order valence-electron chi connectivity index (χ0n) is 17.6. The number of aromatic nitrogens is 5. The maximum Gasteiger partial charge on any atom is 0.271 e. The van der Waals surface area contributed by atoms with Gasteiger partial charge in [0.15, 0.2) is 10.9 Å². The van der Waals surface area contributed by atoms with E-state index in [1.54, 1.807) is 52.9 Å². The Balaban J connectivity index is 1.30. The maximum absolute atomic E-state index is 13.5. The second kappa shape index (κ2) is 9.98. The minimum Gasteiger partial charge on any atom is -0.461 e. The van der Waals surface area contributed by atoms with Gasteiger partial charge in [-0.3, -0.25) is 14.3 Å². The Morgan fingerprint density at radius 2 is 2.03 bits per heavy atom. The van der Waals surface area contributed by atoms with Gasteiger partial charge in [-0.05, 0) is 48.0 Å². The fraction of sp³-hybridized carbons (Fsp3) is 0.0870. The Hall–Kier alpha value is -3.83. The number of carbonyl (C=O) groups is 1. The maximum atomic E-state index is 13.5. The van der Waals surface area contributed by atoms with Gasteiger partial charge in [0.05, 0.1) is 17.7 Å². The number of rotatable bonds is 8. The number of hydrogen-bond donors (Lipinski definition) is 1. The molecule has 0 saturated heterocycles. The second-order valence-corrected chi connectivity index (χ2v) is 8.94. The van der Waals surface area contributed by atoms with Gasteiger partial charge in [0.2, 0.25) is 5.82 Å². The van der Waals surface area contributed by atoms with Gasteiger partial charge in [-0.2, -0.15) is 0 Å². The molecule has 5 aromatic rings. The van der Waals surface area contributed by atoms with Crippen molar-refractivity contribution < 1.29 is 13.6 Å². The molecule has 0 unspecified atom stereocenters. The monoisotopic (exact) mass is 492 g/mol. The molecule has 0 fully saturated rings. The minimum atomic E-state index is -0.331. The summed E-state index contributed by atoms with van der Waals surface area (Å²) in [5, 5.41) is 14.5. The predicted molar refractivity (Wildman–Crippen MR) is 126 cm³/mol. The third-order valence-corrected chi connectivity index (χ3v) is 6.72. The lowest BCUT2D eigenvalue weighted by molar-refractivity contribution is 0.0946. The lowest BCUT2D eigenvalue weighted by Crippen LogP contribution is -2.23. The van der Waals surface area contributed by atoms with Crippen molar-refractivity contribution in [3.05, 3.63) is 94.7 Å². The molecule has 1 N–H and O–H groups in total. The molecule has 0 bridgehead atoms. The van der Waals surface area contributed by atoms with Crippen LogP contribution in [0, 0.1) is 5.82 Å². The Morgan fingerprint density at radius 1 is 1.15 bits per heavy atom. The van der Waals surface area contributed by atoms with Gasteiger partial charge in [-0.25, -0.2) is 9.37 Å². The van der Waals surface area contributed by atoms with Crippen molar-refractivity contribution in [1.29, 1.82) is 0 Å². The lowest BCUT2D eigenvalue weighted by Gasteiger charge is -2.08. The normalized spacial score (nSPS) is 11.0. The molecule has 1 amide bonds. The molecule has 0 radical (unpaired) electrons. The van der Waals surface area contributed by atoms with E-state index in [4.69, 9.17) is 4.42 Å². The van der Waals surface area contributed by atoms with Crippen LogP contribution in [-0.4, -0.2) is 30.6 Å². The number of halogens is 1. The Kier molecular flexibility index (Phi) is 6.45. The van der Waals surface area contributed by atoms with E-state index in [-0.39, 0.29) is 11.7 Å². The molecular formula is C23H17FN6O2S2. The molecule has 0 aliphatic rings. The highest BCUT2D eigenvalue weighted by Crippen LogP contribution is 2.30. The molecule has 0 spiro atoms. The molecule has 11 heteroatoms. The number of furan rings is 1. The highest BCUT2D eigenvalue weighted by molar-refractivity contribution is 7.98. The second-order valence-electron chi connectivity index (χ2n) is 7.05. The number of hydrogen-bond acceptors (Lipinski definition) is 8. The van der Waals surface area contributed by atoms with E-state index >= 15 is 0 Å². The van der Waals surface area contributed by atoms with Crippen LogP contribution in [-0.2, 0) is 12.3 Å². The standard InChI is InChI=1S/C23H17FN6O2S2/c24-16-5-7-17(8-6-16)30-21(19-4-2-10-32-19)28-29-23(30)34-14-20-27-18(13-33-20)22(31)26-12-15-3-1-9-25-11-15/h1-11,13H,12,14H2,(H,26,31). The van der Waals surface area contributed by atoms with Crippen LogP contribution in [0.1, 0.15) is 21.1 Å². The van der Waals surface area contributed by atoms with E-state index in [0.717, 1.165) is 10.6 Å². The fourth-order valence-electron chi connectivity index (χ4n) is 3.14. The number of thioether (sulfide) groups is 1. The van der Waals surface area contributed by atoms with Crippen LogP contribution in [0.2, 0.25) is 0 Å². The zero-order valence-corrected chi connectivity index (χ0v) is 19.2. The number of benzene rings is 1. The molecule has 4 heterocycles. The van der Waals surface area contributed by atoms with Gasteiger partial charge in [0.25, 0.3) is 5.91 Å². The van der Waals surface area contributed by atoms with Gasteiger partial charge >= 0.3 is 0 Å². The van der Waals surface area contributed by atoms with Crippen LogP contribution < -0.4 is 5.32 Å². The van der Waals surface area contributed by atoms with E-state index < -0.39 is 0 Å². The Morgan fingerprint density at radius 3 is 2.79 bits per heavy atom. The van der Waals surface area contributed by atoms with Gasteiger partial charge in [0.1, 0.15) is 16.5 Å². The topological polar surface area (TPSA) is 98.7 Å². The average Bonchev–Trinajstić information content (AvgIpc) is 3.63. The third-order valence-electron chi connectivity index (χ3n) is 4.74. The molecule has 0 saturated carbocycles. The number of thiazole rings is 1. The van der Waals surface area contributed by atoms with Crippen molar-refractivity contribution in [2.24, 2.45) is 0 Å². The van der Waals surface area contributed by atoms with Crippen LogP contribution in [0.5, 0.6) is 0 Å². The van der Waals surface area contributed by atoms with Gasteiger partial charge < -0.3 is 9.73 Å². The van der Waals surface area contributed by atoms with E-state index in [9.17, 15) is 9.18 Å². The van der Waals surface area contributed by atoms with Crippen molar-refractivity contribution >= 4 is 29.0 Å². The van der Waals surface area contributed by atoms with Crippen LogP contribution in [0.15, 0.2) is 82.1 Å². The van der Waals surface area contributed by atoms with Gasteiger partial charge in [0, 0.05) is 24.3 Å². The molecular weight excluding hydrogens is 475 g/mol. The Bertz CT molecular complexity index is 1380. The van der Waals surface area contributed by atoms with Crippen molar-refractivity contribution in [1.82, 2.24) is 30.0 Å². The van der Waals surface area contributed by atoms with E-state index in [1.807, 2.05) is 12.1 Å². The summed E-state index contributed by atoms with van der Waals surface area (Å²) in [5.41, 5.74) is 1.98. The average molecular weight is 493 g/mol. The molecule has 0 aliphatic heterocycles. The molecule has 0 atom stereocenters. The quantitative estimate of drug-likeness (QED) is 0.312. The van der Waals surface area contributed by atoms with E-state index in [0.29, 0.717) is 40.4 Å². The van der Waals surface area contributed by atoms with Crippen molar-refractivity contribution in [2.45, 2.75) is 17.5 Å². The van der Waals surface area contributed by atoms with Gasteiger partial charge in [-0.1, -0.05) is 17.8 Å². The largest absolute Gasteiger partial charge is 0.461 e. The molecule has 170 valence electrons. The summed E-state index contributed by atoms with van der Waals surface area (Å²) in [4.78, 5) is 20.9. The summed E-state index contributed by atoms with van der Waals surface area (Å²) >= 11 is 2.81. The lowest BCUT2D eigenvalue weighted by atomic mass is 10.3. The third kappa shape index (κ3) is 4.90. The number of pyridine rings is 1. The first-order valence-electron chi connectivity index (χ1n) is 10.2. The van der Waals surface area contributed by atoms with Crippen LogP contribution in [0.25, 0.3) is 17.3 Å². The summed E-state index contributed by atoms with van der Waals surface area (Å²) in [6.07, 6.45) is 4.95. The van der Waals surface area contributed by atoms with Crippen molar-refractivity contribution in [3.63, 3.8) is 0 Å². The molecule has 1 aromatic carbocycles. The fourth-order valence-corrected chi connectivity index (χ4v) is 4.88. The van der Waals surface area contributed by atoms with Crippen LogP contribution in [0.3, 0.4) is 0 Å². The molecule has 5 rings (SSSR count). The molecule has 34 heavy (non-hydrogen) atoms. The van der Waals surface area contributed by atoms with Gasteiger partial charge in [-0.15, -0.1) is 21.5 Å². The first-order valence-corrected chi connectivity index (χ1v) is 12.0. The summed E-state index contributed by atoms with van der Waals surface area (Å²) in [6.45, 7) is 0.380. The minimum absolute atomic E-state index is 0.245. The SMILES string of the molecule is O=C(NCc1cccnc1)c1csc(CSc2nnc(-c3ccco3)n2-c2ccc(F)cc2)n1.